The molecule has 0 aliphatic heterocycles. The van der Waals surface area contributed by atoms with Crippen molar-refractivity contribution < 1.29 is 14.3 Å². The van der Waals surface area contributed by atoms with Crippen LogP contribution in [0.15, 0.2) is 48.5 Å². The van der Waals surface area contributed by atoms with Crippen molar-refractivity contribution in [2.24, 2.45) is 0 Å². The zero-order valence-corrected chi connectivity index (χ0v) is 16.2. The lowest BCUT2D eigenvalue weighted by Gasteiger charge is -2.05. The molecule has 0 saturated heterocycles. The molecule has 0 bridgehead atoms. The molecular formula is C25H26O3. The predicted molar refractivity (Wildman–Crippen MR) is 112 cm³/mol. The molecule has 0 radical (unpaired) electrons. The zero-order valence-electron chi connectivity index (χ0n) is 16.2. The number of rotatable bonds is 12. The molecule has 3 nitrogen and oxygen atoms in total. The molecule has 3 heteroatoms. The Balaban J connectivity index is 1.58. The number of aryl methyl sites for hydroxylation is 2. The number of carbonyl (C=O) groups is 1. The average Bonchev–Trinajstić information content (AvgIpc) is 2.70. The third-order valence-corrected chi connectivity index (χ3v) is 4.49. The minimum Gasteiger partial charge on any atom is -0.408 e. The number of hydrogen-bond donors (Lipinski definition) is 0. The summed E-state index contributed by atoms with van der Waals surface area (Å²) in [4.78, 5) is 12.1. The summed E-state index contributed by atoms with van der Waals surface area (Å²) in [5, 5.41) is 0. The fourth-order valence-electron chi connectivity index (χ4n) is 3.09. The van der Waals surface area contributed by atoms with Gasteiger partial charge in [0.05, 0.1) is 0 Å². The Morgan fingerprint density at radius 3 is 1.64 bits per heavy atom. The maximum absolute atomic E-state index is 12.1. The number of unbranched alkanes of at least 4 members (excludes halogenated alkanes) is 2. The first-order valence-electron chi connectivity index (χ1n) is 9.65. The average molecular weight is 374 g/mol. The highest BCUT2D eigenvalue weighted by atomic mass is 16.5. The molecule has 2 aromatic carbocycles. The van der Waals surface area contributed by atoms with Crippen LogP contribution in [0.5, 0.6) is 11.5 Å². The van der Waals surface area contributed by atoms with E-state index in [9.17, 15) is 4.79 Å². The molecule has 144 valence electrons. The van der Waals surface area contributed by atoms with Crippen LogP contribution in [0.3, 0.4) is 0 Å². The summed E-state index contributed by atoms with van der Waals surface area (Å²) < 4.78 is 10.1. The molecule has 0 fully saturated rings. The first-order valence-corrected chi connectivity index (χ1v) is 9.65. The predicted octanol–water partition coefficient (Wildman–Crippen LogP) is 5.32. The quantitative estimate of drug-likeness (QED) is 0.372. The molecule has 2 rings (SSSR count). The van der Waals surface area contributed by atoms with Gasteiger partial charge in [-0.15, -0.1) is 0 Å². The lowest BCUT2D eigenvalue weighted by atomic mass is 10.0. The van der Waals surface area contributed by atoms with E-state index in [4.69, 9.17) is 22.3 Å². The summed E-state index contributed by atoms with van der Waals surface area (Å²) in [6, 6.07) is 15.5. The van der Waals surface area contributed by atoms with E-state index in [1.807, 2.05) is 36.4 Å². The van der Waals surface area contributed by atoms with Crippen LogP contribution in [0.4, 0.5) is 0 Å². The number of hydrogen-bond acceptors (Lipinski definition) is 3. The smallest absolute Gasteiger partial charge is 0.140 e. The van der Waals surface area contributed by atoms with E-state index in [-0.39, 0.29) is 0 Å². The van der Waals surface area contributed by atoms with E-state index in [1.165, 1.54) is 11.1 Å². The molecule has 0 aliphatic rings. The molecule has 0 N–H and O–H groups in total. The van der Waals surface area contributed by atoms with Crippen molar-refractivity contribution in [3.05, 3.63) is 59.7 Å². The highest BCUT2D eigenvalue weighted by Gasteiger charge is 2.04. The fraction of sp³-hybridized carbons (Fsp3) is 0.320. The van der Waals surface area contributed by atoms with Gasteiger partial charge >= 0.3 is 0 Å². The Hall–Kier alpha value is -3.17. The van der Waals surface area contributed by atoms with Crippen molar-refractivity contribution in [3.63, 3.8) is 0 Å². The number of terminal acetylenes is 2. The number of Topliss-reactive ketones (excluding diaryl/α,β-unsaturated/α-hetero) is 1. The van der Waals surface area contributed by atoms with Crippen LogP contribution >= 0.6 is 0 Å². The molecule has 0 saturated carbocycles. The van der Waals surface area contributed by atoms with Gasteiger partial charge in [0.2, 0.25) is 0 Å². The monoisotopic (exact) mass is 374 g/mol. The van der Waals surface area contributed by atoms with Crippen molar-refractivity contribution in [2.75, 3.05) is 0 Å². The van der Waals surface area contributed by atoms with E-state index in [1.54, 1.807) is 0 Å². The van der Waals surface area contributed by atoms with Gasteiger partial charge in [-0.1, -0.05) is 37.1 Å². The molecule has 2 aromatic rings. The number of carbonyl (C=O) groups excluding carboxylic acids is 1. The molecule has 0 aliphatic carbocycles. The summed E-state index contributed by atoms with van der Waals surface area (Å²) in [5.41, 5.74) is 2.35. The van der Waals surface area contributed by atoms with Gasteiger partial charge in [0.25, 0.3) is 0 Å². The Morgan fingerprint density at radius 1 is 0.750 bits per heavy atom. The summed E-state index contributed by atoms with van der Waals surface area (Å²) in [7, 11) is 0. The zero-order chi connectivity index (χ0) is 20.0. The second-order valence-electron chi connectivity index (χ2n) is 6.69. The van der Waals surface area contributed by atoms with E-state index in [2.05, 4.69) is 24.3 Å². The summed E-state index contributed by atoms with van der Waals surface area (Å²) in [6.45, 7) is 0. The molecule has 0 atom stereocenters. The van der Waals surface area contributed by atoms with Crippen molar-refractivity contribution in [3.8, 4) is 36.6 Å². The van der Waals surface area contributed by atoms with Crippen LogP contribution < -0.4 is 9.47 Å². The van der Waals surface area contributed by atoms with Gasteiger partial charge in [0.15, 0.2) is 0 Å². The largest absolute Gasteiger partial charge is 0.408 e. The van der Waals surface area contributed by atoms with E-state index < -0.39 is 0 Å². The van der Waals surface area contributed by atoms with Gasteiger partial charge in [0.1, 0.15) is 29.5 Å². The van der Waals surface area contributed by atoms with E-state index >= 15 is 0 Å². The number of ether oxygens (including phenoxy) is 2. The highest BCUT2D eigenvalue weighted by molar-refractivity contribution is 5.78. The fourth-order valence-corrected chi connectivity index (χ4v) is 3.09. The molecule has 0 amide bonds. The lowest BCUT2D eigenvalue weighted by Crippen LogP contribution is -1.99. The number of benzene rings is 2. The van der Waals surface area contributed by atoms with Gasteiger partial charge in [-0.05, 0) is 73.9 Å². The van der Waals surface area contributed by atoms with Crippen LogP contribution in [-0.4, -0.2) is 5.78 Å². The van der Waals surface area contributed by atoms with Crippen LogP contribution in [-0.2, 0) is 17.6 Å². The SMILES string of the molecule is C#COc1cccc(CCCCC(=O)CCCCc2cccc(OC#C)c2)c1. The molecule has 0 unspecified atom stereocenters. The van der Waals surface area contributed by atoms with E-state index in [0.717, 1.165) is 38.5 Å². The van der Waals surface area contributed by atoms with Gasteiger partial charge < -0.3 is 9.47 Å². The summed E-state index contributed by atoms with van der Waals surface area (Å²) in [5.74, 6) is 1.72. The Morgan fingerprint density at radius 2 is 1.21 bits per heavy atom. The molecule has 0 heterocycles. The van der Waals surface area contributed by atoms with Crippen LogP contribution in [0.2, 0.25) is 0 Å². The highest BCUT2D eigenvalue weighted by Crippen LogP contribution is 2.17. The van der Waals surface area contributed by atoms with Crippen LogP contribution in [0.1, 0.15) is 49.7 Å². The molecule has 0 aromatic heterocycles. The van der Waals surface area contributed by atoms with Gasteiger partial charge in [-0.25, -0.2) is 0 Å². The van der Waals surface area contributed by atoms with Crippen LogP contribution in [0.25, 0.3) is 0 Å². The van der Waals surface area contributed by atoms with Gasteiger partial charge in [-0.3, -0.25) is 4.79 Å². The minimum absolute atomic E-state index is 0.342. The standard InChI is InChI=1S/C25H26O3/c1-3-27-24-17-9-13-21(19-24)11-5-7-15-23(26)16-8-6-12-22-14-10-18-25(20-22)28-4-2/h1-2,9-10,13-14,17-20H,5-8,11-12,15-16H2. The lowest BCUT2D eigenvalue weighted by molar-refractivity contribution is -0.119. The topological polar surface area (TPSA) is 35.5 Å². The van der Waals surface area contributed by atoms with Gasteiger partial charge in [-0.2, -0.15) is 0 Å². The first kappa shape index (κ1) is 21.1. The minimum atomic E-state index is 0.342. The van der Waals surface area contributed by atoms with Crippen molar-refractivity contribution in [1.82, 2.24) is 0 Å². The third kappa shape index (κ3) is 8.02. The molecule has 0 spiro atoms. The first-order chi connectivity index (χ1) is 13.7. The molecular weight excluding hydrogens is 348 g/mol. The van der Waals surface area contributed by atoms with Crippen molar-refractivity contribution in [2.45, 2.75) is 51.4 Å². The Labute approximate surface area is 168 Å². The maximum atomic E-state index is 12.1. The number of ketones is 1. The summed E-state index contributed by atoms with van der Waals surface area (Å²) in [6.07, 6.45) is 21.6. The van der Waals surface area contributed by atoms with Crippen molar-refractivity contribution in [1.29, 1.82) is 0 Å². The third-order valence-electron chi connectivity index (χ3n) is 4.49. The second-order valence-corrected chi connectivity index (χ2v) is 6.69. The molecule has 28 heavy (non-hydrogen) atoms. The Bertz CT molecular complexity index is 770. The van der Waals surface area contributed by atoms with E-state index in [0.29, 0.717) is 30.1 Å². The second kappa shape index (κ2) is 12.3. The van der Waals surface area contributed by atoms with Crippen LogP contribution in [0, 0.1) is 25.1 Å². The Kier molecular flexibility index (Phi) is 9.25. The summed E-state index contributed by atoms with van der Waals surface area (Å²) >= 11 is 0. The normalized spacial score (nSPS) is 9.93. The van der Waals surface area contributed by atoms with Crippen molar-refractivity contribution >= 4 is 5.78 Å². The van der Waals surface area contributed by atoms with Gasteiger partial charge in [0, 0.05) is 12.8 Å². The maximum Gasteiger partial charge on any atom is 0.140 e.